The Labute approximate surface area is 124 Å². The lowest BCUT2D eigenvalue weighted by atomic mass is 10.0. The fourth-order valence-corrected chi connectivity index (χ4v) is 2.46. The van der Waals surface area contributed by atoms with Gasteiger partial charge in [0.25, 0.3) is 0 Å². The van der Waals surface area contributed by atoms with E-state index in [1.165, 1.54) is 12.0 Å². The molecular formula is C13H15F3N2O4. The summed E-state index contributed by atoms with van der Waals surface area (Å²) in [6, 6.07) is 1.39. The molecule has 0 radical (unpaired) electrons. The van der Waals surface area contributed by atoms with Crippen molar-refractivity contribution < 1.29 is 27.6 Å². The van der Waals surface area contributed by atoms with E-state index in [2.05, 4.69) is 0 Å². The van der Waals surface area contributed by atoms with Gasteiger partial charge in [-0.15, -0.1) is 0 Å². The van der Waals surface area contributed by atoms with Crippen LogP contribution in [0.2, 0.25) is 0 Å². The van der Waals surface area contributed by atoms with E-state index < -0.39 is 17.1 Å². The first kappa shape index (κ1) is 16.5. The molecule has 0 saturated carbocycles. The number of hydrogen-bond donors (Lipinski definition) is 0. The lowest BCUT2D eigenvalue weighted by Crippen LogP contribution is -2.44. The largest absolute Gasteiger partial charge is 0.490 e. The molecule has 1 aromatic rings. The van der Waals surface area contributed by atoms with Crippen molar-refractivity contribution in [2.45, 2.75) is 12.2 Å². The predicted octanol–water partition coefficient (Wildman–Crippen LogP) is 2.54. The number of nitro benzene ring substituents is 1. The third-order valence-corrected chi connectivity index (χ3v) is 3.44. The highest BCUT2D eigenvalue weighted by molar-refractivity contribution is 5.49. The number of halogens is 3. The van der Waals surface area contributed by atoms with Gasteiger partial charge in [0, 0.05) is 19.2 Å². The molecule has 0 spiro atoms. The van der Waals surface area contributed by atoms with Crippen molar-refractivity contribution in [2.75, 3.05) is 33.4 Å². The quantitative estimate of drug-likeness (QED) is 0.630. The Morgan fingerprint density at radius 3 is 2.50 bits per heavy atom. The van der Waals surface area contributed by atoms with E-state index in [9.17, 15) is 23.3 Å². The van der Waals surface area contributed by atoms with Crippen LogP contribution in [0.25, 0.3) is 0 Å². The molecule has 2 rings (SSSR count). The summed E-state index contributed by atoms with van der Waals surface area (Å²) in [6.45, 7) is 0.723. The van der Waals surface area contributed by atoms with Gasteiger partial charge in [0.2, 0.25) is 0 Å². The Hall–Kier alpha value is -1.87. The monoisotopic (exact) mass is 320 g/mol. The Bertz CT molecular complexity index is 545. The lowest BCUT2D eigenvalue weighted by molar-refractivity contribution is -0.385. The Morgan fingerprint density at radius 1 is 1.36 bits per heavy atom. The molecule has 1 saturated heterocycles. The summed E-state index contributed by atoms with van der Waals surface area (Å²) in [5.74, 6) is -0.190. The summed E-state index contributed by atoms with van der Waals surface area (Å²) in [4.78, 5) is 11.4. The van der Waals surface area contributed by atoms with Gasteiger partial charge in [-0.3, -0.25) is 15.0 Å². The maximum absolute atomic E-state index is 13.4. The van der Waals surface area contributed by atoms with Crippen LogP contribution in [0.4, 0.5) is 18.9 Å². The summed E-state index contributed by atoms with van der Waals surface area (Å²) < 4.78 is 50.2. The molecule has 1 aliphatic rings. The van der Waals surface area contributed by atoms with Gasteiger partial charge in [-0.1, -0.05) is 0 Å². The first-order chi connectivity index (χ1) is 10.3. The highest BCUT2D eigenvalue weighted by atomic mass is 19.4. The molecule has 1 unspecified atom stereocenters. The topological polar surface area (TPSA) is 64.8 Å². The molecule has 0 N–H and O–H groups in total. The number of alkyl halides is 3. The van der Waals surface area contributed by atoms with Crippen LogP contribution in [-0.2, 0) is 4.74 Å². The smallest absolute Gasteiger partial charge is 0.408 e. The molecule has 6 nitrogen and oxygen atoms in total. The molecule has 1 fully saturated rings. The summed E-state index contributed by atoms with van der Waals surface area (Å²) in [5.41, 5.74) is -0.453. The zero-order valence-electron chi connectivity index (χ0n) is 11.8. The number of methoxy groups -OCH3 is 1. The molecule has 0 amide bonds. The fraction of sp³-hybridized carbons (Fsp3) is 0.538. The Kier molecular flexibility index (Phi) is 4.87. The molecule has 22 heavy (non-hydrogen) atoms. The number of rotatable bonds is 4. The summed E-state index contributed by atoms with van der Waals surface area (Å²) in [7, 11) is 1.18. The van der Waals surface area contributed by atoms with E-state index in [4.69, 9.17) is 9.47 Å². The third kappa shape index (κ3) is 3.47. The average Bonchev–Trinajstić information content (AvgIpc) is 2.46. The minimum Gasteiger partial charge on any atom is -0.490 e. The zero-order chi connectivity index (χ0) is 16.3. The van der Waals surface area contributed by atoms with Gasteiger partial charge in [-0.2, -0.15) is 13.2 Å². The second-order valence-electron chi connectivity index (χ2n) is 4.78. The second-order valence-corrected chi connectivity index (χ2v) is 4.78. The summed E-state index contributed by atoms with van der Waals surface area (Å²) in [6.07, 6.45) is -4.50. The Morgan fingerprint density at radius 2 is 2.00 bits per heavy atom. The van der Waals surface area contributed by atoms with E-state index in [0.29, 0.717) is 0 Å². The number of nitro groups is 1. The first-order valence-corrected chi connectivity index (χ1v) is 6.55. The van der Waals surface area contributed by atoms with Crippen molar-refractivity contribution in [1.82, 2.24) is 4.90 Å². The lowest BCUT2D eigenvalue weighted by Gasteiger charge is -2.35. The van der Waals surface area contributed by atoms with Crippen LogP contribution >= 0.6 is 0 Å². The van der Waals surface area contributed by atoms with Crippen LogP contribution in [0, 0.1) is 10.1 Å². The number of morpholine rings is 1. The molecular weight excluding hydrogens is 305 g/mol. The van der Waals surface area contributed by atoms with E-state index in [1.807, 2.05) is 0 Å². The second kappa shape index (κ2) is 6.49. The van der Waals surface area contributed by atoms with Crippen LogP contribution in [0.5, 0.6) is 5.75 Å². The van der Waals surface area contributed by atoms with Gasteiger partial charge in [0.15, 0.2) is 5.75 Å². The molecule has 0 bridgehead atoms. The maximum Gasteiger partial charge on any atom is 0.408 e. The molecule has 9 heteroatoms. The van der Waals surface area contributed by atoms with Crippen LogP contribution in [0.1, 0.15) is 11.6 Å². The summed E-state index contributed by atoms with van der Waals surface area (Å²) >= 11 is 0. The predicted molar refractivity (Wildman–Crippen MR) is 70.8 cm³/mol. The molecule has 1 aromatic carbocycles. The fourth-order valence-electron chi connectivity index (χ4n) is 2.46. The standard InChI is InChI=1S/C13H15F3N2O4/c1-21-11-8-9(2-3-10(11)18(19)20)12(13(14,15)16)17-4-6-22-7-5-17/h2-3,8,12H,4-7H2,1H3. The van der Waals surface area contributed by atoms with Crippen molar-refractivity contribution in [3.63, 3.8) is 0 Å². The zero-order valence-corrected chi connectivity index (χ0v) is 11.8. The van der Waals surface area contributed by atoms with Crippen LogP contribution in [0.3, 0.4) is 0 Å². The van der Waals surface area contributed by atoms with Gasteiger partial charge in [0.1, 0.15) is 6.04 Å². The number of hydrogen-bond acceptors (Lipinski definition) is 5. The van der Waals surface area contributed by atoms with Gasteiger partial charge >= 0.3 is 11.9 Å². The van der Waals surface area contributed by atoms with Crippen LogP contribution in [-0.4, -0.2) is 49.4 Å². The molecule has 1 aliphatic heterocycles. The first-order valence-electron chi connectivity index (χ1n) is 6.55. The molecule has 122 valence electrons. The van der Waals surface area contributed by atoms with E-state index in [1.54, 1.807) is 0 Å². The third-order valence-electron chi connectivity index (χ3n) is 3.44. The highest BCUT2D eigenvalue weighted by Crippen LogP contribution is 2.40. The number of ether oxygens (including phenoxy) is 2. The maximum atomic E-state index is 13.4. The van der Waals surface area contributed by atoms with Gasteiger partial charge in [-0.25, -0.2) is 0 Å². The van der Waals surface area contributed by atoms with Crippen LogP contribution < -0.4 is 4.74 Å². The molecule has 1 heterocycles. The van der Waals surface area contributed by atoms with E-state index in [0.717, 1.165) is 18.2 Å². The van der Waals surface area contributed by atoms with Gasteiger partial charge < -0.3 is 9.47 Å². The van der Waals surface area contributed by atoms with Gasteiger partial charge in [0.05, 0.1) is 25.2 Å². The van der Waals surface area contributed by atoms with Crippen molar-refractivity contribution >= 4 is 5.69 Å². The number of nitrogens with zero attached hydrogens (tertiary/aromatic N) is 2. The molecule has 0 aromatic heterocycles. The molecule has 0 aliphatic carbocycles. The van der Waals surface area contributed by atoms with Crippen molar-refractivity contribution in [1.29, 1.82) is 0 Å². The minimum atomic E-state index is -4.50. The van der Waals surface area contributed by atoms with E-state index >= 15 is 0 Å². The van der Waals surface area contributed by atoms with Crippen molar-refractivity contribution in [2.24, 2.45) is 0 Å². The number of benzene rings is 1. The normalized spacial score (nSPS) is 18.0. The minimum absolute atomic E-state index is 0.0862. The van der Waals surface area contributed by atoms with Crippen LogP contribution in [0.15, 0.2) is 18.2 Å². The van der Waals surface area contributed by atoms with Crippen molar-refractivity contribution in [3.8, 4) is 5.75 Å². The van der Waals surface area contributed by atoms with E-state index in [-0.39, 0.29) is 43.3 Å². The van der Waals surface area contributed by atoms with Crippen molar-refractivity contribution in [3.05, 3.63) is 33.9 Å². The average molecular weight is 320 g/mol. The highest BCUT2D eigenvalue weighted by Gasteiger charge is 2.45. The molecule has 1 atom stereocenters. The summed E-state index contributed by atoms with van der Waals surface area (Å²) in [5, 5.41) is 10.8. The van der Waals surface area contributed by atoms with Gasteiger partial charge in [-0.05, 0) is 17.7 Å². The SMILES string of the molecule is COc1cc(C(N2CCOCC2)C(F)(F)F)ccc1[N+](=O)[O-]. The Balaban J connectivity index is 2.41.